The van der Waals surface area contributed by atoms with Crippen LogP contribution in [0.5, 0.6) is 0 Å². The quantitative estimate of drug-likeness (QED) is 0.0974. The van der Waals surface area contributed by atoms with E-state index in [0.29, 0.717) is 38.8 Å². The van der Waals surface area contributed by atoms with Crippen LogP contribution in [-0.4, -0.2) is 79.7 Å². The Morgan fingerprint density at radius 1 is 0.848 bits per heavy atom. The predicted molar refractivity (Wildman–Crippen MR) is 124 cm³/mol. The molecule has 0 aliphatic rings. The van der Waals surface area contributed by atoms with E-state index in [1.807, 2.05) is 20.8 Å². The van der Waals surface area contributed by atoms with Gasteiger partial charge in [-0.25, -0.2) is 14.4 Å². The number of hydrogen-bond acceptors (Lipinski definition) is 9. The largest absolute Gasteiger partial charge is 0.500 e. The minimum Gasteiger partial charge on any atom is -0.461 e. The van der Waals surface area contributed by atoms with Gasteiger partial charge in [0, 0.05) is 43.9 Å². The highest BCUT2D eigenvalue weighted by atomic mass is 28.4. The number of carbonyl (C=O) groups is 3. The van der Waals surface area contributed by atoms with Crippen LogP contribution >= 0.6 is 0 Å². The van der Waals surface area contributed by atoms with Gasteiger partial charge in [0.15, 0.2) is 0 Å². The predicted octanol–water partition coefficient (Wildman–Crippen LogP) is 2.63. The third-order valence-corrected chi connectivity index (χ3v) is 7.14. The van der Waals surface area contributed by atoms with E-state index in [-0.39, 0.29) is 26.4 Å². The van der Waals surface area contributed by atoms with Crippen molar-refractivity contribution in [3.8, 4) is 0 Å². The zero-order chi connectivity index (χ0) is 25.2. The highest BCUT2D eigenvalue weighted by Crippen LogP contribution is 2.18. The molecule has 0 spiro atoms. The Balaban J connectivity index is 4.17. The lowest BCUT2D eigenvalue weighted by molar-refractivity contribution is -0.137. The standard InChI is InChI=1S/C21H40N2O9Si/c1-7-18(24)27-14-13-23-20(26)29-17-21(5,6)16-28-19(25)22-12-11-15-33(30-8-2,31-9-3)32-10-4/h7H,1,8-17H2,2-6H3,(H,22,25)(H,23,26). The van der Waals surface area contributed by atoms with Gasteiger partial charge in [-0.15, -0.1) is 0 Å². The monoisotopic (exact) mass is 492 g/mol. The number of alkyl carbamates (subject to hydrolysis) is 2. The van der Waals surface area contributed by atoms with E-state index in [2.05, 4.69) is 17.2 Å². The van der Waals surface area contributed by atoms with Crippen LogP contribution in [0.2, 0.25) is 6.04 Å². The lowest BCUT2D eigenvalue weighted by atomic mass is 9.96. The van der Waals surface area contributed by atoms with E-state index < -0.39 is 32.4 Å². The van der Waals surface area contributed by atoms with Crippen molar-refractivity contribution in [1.29, 1.82) is 0 Å². The fourth-order valence-electron chi connectivity index (χ4n) is 2.53. The maximum Gasteiger partial charge on any atom is 0.500 e. The number of nitrogens with one attached hydrogen (secondary N) is 2. The second-order valence-electron chi connectivity index (χ2n) is 7.63. The summed E-state index contributed by atoms with van der Waals surface area (Å²) in [5, 5.41) is 5.15. The van der Waals surface area contributed by atoms with Gasteiger partial charge in [0.2, 0.25) is 0 Å². The van der Waals surface area contributed by atoms with E-state index in [0.717, 1.165) is 6.08 Å². The summed E-state index contributed by atoms with van der Waals surface area (Å²) in [5.74, 6) is -0.569. The third kappa shape index (κ3) is 15.3. The van der Waals surface area contributed by atoms with Gasteiger partial charge in [-0.2, -0.15) is 0 Å². The number of carbonyl (C=O) groups excluding carboxylic acids is 3. The zero-order valence-corrected chi connectivity index (χ0v) is 21.5. The minimum absolute atomic E-state index is 0.00987. The van der Waals surface area contributed by atoms with Crippen molar-refractivity contribution in [3.05, 3.63) is 12.7 Å². The molecule has 0 saturated heterocycles. The zero-order valence-electron chi connectivity index (χ0n) is 20.5. The molecule has 0 radical (unpaired) electrons. The molecule has 11 nitrogen and oxygen atoms in total. The topological polar surface area (TPSA) is 131 Å². The second kappa shape index (κ2) is 17.3. The van der Waals surface area contributed by atoms with Gasteiger partial charge in [-0.1, -0.05) is 20.4 Å². The molecule has 0 aromatic carbocycles. The number of amides is 2. The first-order valence-electron chi connectivity index (χ1n) is 11.2. The molecule has 0 heterocycles. The van der Waals surface area contributed by atoms with Crippen LogP contribution in [-0.2, 0) is 32.3 Å². The van der Waals surface area contributed by atoms with Crippen LogP contribution in [0, 0.1) is 5.41 Å². The maximum atomic E-state index is 12.0. The van der Waals surface area contributed by atoms with Crippen molar-refractivity contribution < 1.29 is 41.9 Å². The van der Waals surface area contributed by atoms with Crippen molar-refractivity contribution in [2.24, 2.45) is 5.41 Å². The summed E-state index contributed by atoms with van der Waals surface area (Å²) in [5.41, 5.74) is -0.592. The molecule has 0 atom stereocenters. The first kappa shape index (κ1) is 30.8. The number of esters is 1. The van der Waals surface area contributed by atoms with Crippen LogP contribution in [0.25, 0.3) is 0 Å². The summed E-state index contributed by atoms with van der Waals surface area (Å²) >= 11 is 0. The normalized spacial score (nSPS) is 11.4. The Morgan fingerprint density at radius 3 is 1.79 bits per heavy atom. The highest BCUT2D eigenvalue weighted by molar-refractivity contribution is 6.60. The van der Waals surface area contributed by atoms with Crippen molar-refractivity contribution in [1.82, 2.24) is 10.6 Å². The van der Waals surface area contributed by atoms with Crippen molar-refractivity contribution in [2.45, 2.75) is 47.1 Å². The molecule has 2 N–H and O–H groups in total. The number of ether oxygens (including phenoxy) is 3. The van der Waals surface area contributed by atoms with Crippen molar-refractivity contribution in [2.75, 3.05) is 52.7 Å². The summed E-state index contributed by atoms with van der Waals surface area (Å²) in [6.07, 6.45) is 0.436. The average Bonchev–Trinajstić information content (AvgIpc) is 2.77. The van der Waals surface area contributed by atoms with Gasteiger partial charge in [-0.05, 0) is 27.2 Å². The molecule has 0 aliphatic heterocycles. The lowest BCUT2D eigenvalue weighted by Gasteiger charge is -2.28. The molecule has 0 fully saturated rings. The van der Waals surface area contributed by atoms with Crippen LogP contribution < -0.4 is 10.6 Å². The van der Waals surface area contributed by atoms with Gasteiger partial charge >= 0.3 is 27.0 Å². The molecule has 12 heteroatoms. The first-order valence-corrected chi connectivity index (χ1v) is 13.1. The van der Waals surface area contributed by atoms with Crippen LogP contribution in [0.1, 0.15) is 41.0 Å². The molecule has 33 heavy (non-hydrogen) atoms. The molecule has 192 valence electrons. The molecular formula is C21H40N2O9Si. The van der Waals surface area contributed by atoms with Crippen LogP contribution in [0.4, 0.5) is 9.59 Å². The van der Waals surface area contributed by atoms with E-state index in [1.165, 1.54) is 0 Å². The Kier molecular flexibility index (Phi) is 16.2. The fraction of sp³-hybridized carbons (Fsp3) is 0.762. The maximum absolute atomic E-state index is 12.0. The van der Waals surface area contributed by atoms with E-state index in [4.69, 9.17) is 27.5 Å². The van der Waals surface area contributed by atoms with Gasteiger partial charge < -0.3 is 38.1 Å². The summed E-state index contributed by atoms with van der Waals surface area (Å²) < 4.78 is 32.4. The van der Waals surface area contributed by atoms with E-state index >= 15 is 0 Å². The summed E-state index contributed by atoms with van der Waals surface area (Å²) in [6.45, 7) is 14.6. The fourth-order valence-corrected chi connectivity index (χ4v) is 5.14. The Labute approximate surface area is 197 Å². The van der Waals surface area contributed by atoms with E-state index in [1.54, 1.807) is 13.8 Å². The molecule has 0 aromatic rings. The van der Waals surface area contributed by atoms with Crippen LogP contribution in [0.15, 0.2) is 12.7 Å². The van der Waals surface area contributed by atoms with E-state index in [9.17, 15) is 14.4 Å². The smallest absolute Gasteiger partial charge is 0.461 e. The molecule has 0 aliphatic carbocycles. The van der Waals surface area contributed by atoms with Gasteiger partial charge in [-0.3, -0.25) is 0 Å². The van der Waals surface area contributed by atoms with Crippen molar-refractivity contribution >= 4 is 27.0 Å². The van der Waals surface area contributed by atoms with Crippen molar-refractivity contribution in [3.63, 3.8) is 0 Å². The second-order valence-corrected chi connectivity index (χ2v) is 10.4. The lowest BCUT2D eigenvalue weighted by Crippen LogP contribution is -2.46. The number of hydrogen-bond donors (Lipinski definition) is 2. The van der Waals surface area contributed by atoms with Gasteiger partial charge in [0.05, 0.1) is 6.54 Å². The summed E-state index contributed by atoms with van der Waals surface area (Å²) in [4.78, 5) is 34.6. The Bertz CT molecular complexity index is 585. The molecule has 2 amide bonds. The highest BCUT2D eigenvalue weighted by Gasteiger charge is 2.39. The summed E-state index contributed by atoms with van der Waals surface area (Å²) in [6, 6.07) is 0.587. The Hall–Kier alpha value is -2.15. The first-order chi connectivity index (χ1) is 15.6. The van der Waals surface area contributed by atoms with Gasteiger partial charge in [0.1, 0.15) is 19.8 Å². The SMILES string of the molecule is C=CC(=O)OCCNC(=O)OCC(C)(C)COC(=O)NCCC[Si](OCC)(OCC)OCC. The average molecular weight is 493 g/mol. The molecule has 0 aromatic heterocycles. The molecular weight excluding hydrogens is 452 g/mol. The van der Waals surface area contributed by atoms with Crippen LogP contribution in [0.3, 0.4) is 0 Å². The van der Waals surface area contributed by atoms with Gasteiger partial charge in [0.25, 0.3) is 0 Å². The number of rotatable bonds is 18. The molecule has 0 bridgehead atoms. The molecule has 0 saturated carbocycles. The summed E-state index contributed by atoms with van der Waals surface area (Å²) in [7, 11) is -2.73. The molecule has 0 unspecified atom stereocenters. The minimum atomic E-state index is -2.73. The third-order valence-electron chi connectivity index (χ3n) is 3.99. The Morgan fingerprint density at radius 2 is 1.33 bits per heavy atom. The molecule has 0 rings (SSSR count).